The number of carboxylic acid groups (broad SMARTS) is 1. The maximum absolute atomic E-state index is 12.0. The Balaban J connectivity index is 1.85. The summed E-state index contributed by atoms with van der Waals surface area (Å²) in [6.07, 6.45) is 5.19. The maximum Gasteiger partial charge on any atom is 0.311 e. The molecule has 0 aromatic heterocycles. The first-order valence-corrected chi connectivity index (χ1v) is 6.86. The second kappa shape index (κ2) is 5.69. The molecule has 1 heterocycles. The Hall–Kier alpha value is -1.10. The van der Waals surface area contributed by atoms with Crippen LogP contribution >= 0.6 is 0 Å². The van der Waals surface area contributed by atoms with Gasteiger partial charge in [0.05, 0.1) is 11.3 Å². The second-order valence-electron chi connectivity index (χ2n) is 5.55. The van der Waals surface area contributed by atoms with E-state index in [1.807, 2.05) is 0 Å². The lowest BCUT2D eigenvalue weighted by atomic mass is 9.86. The van der Waals surface area contributed by atoms with Crippen molar-refractivity contribution in [2.75, 3.05) is 19.6 Å². The van der Waals surface area contributed by atoms with Crippen molar-refractivity contribution >= 4 is 11.9 Å². The molecule has 0 aromatic rings. The first kappa shape index (κ1) is 13.3. The van der Waals surface area contributed by atoms with Gasteiger partial charge in [0, 0.05) is 13.1 Å². The fourth-order valence-corrected chi connectivity index (χ4v) is 2.99. The van der Waals surface area contributed by atoms with Gasteiger partial charge in [0.25, 0.3) is 0 Å². The maximum atomic E-state index is 12.0. The third-order valence-electron chi connectivity index (χ3n) is 4.28. The first-order chi connectivity index (χ1) is 8.64. The van der Waals surface area contributed by atoms with Crippen LogP contribution in [0, 0.1) is 11.3 Å². The number of nitrogens with one attached hydrogen (secondary N) is 2. The van der Waals surface area contributed by atoms with Crippen LogP contribution in [-0.2, 0) is 9.59 Å². The summed E-state index contributed by atoms with van der Waals surface area (Å²) >= 11 is 0. The lowest BCUT2D eigenvalue weighted by Crippen LogP contribution is -2.46. The summed E-state index contributed by atoms with van der Waals surface area (Å²) in [5.74, 6) is -0.747. The molecule has 18 heavy (non-hydrogen) atoms. The van der Waals surface area contributed by atoms with Crippen molar-refractivity contribution in [2.24, 2.45) is 11.3 Å². The molecule has 1 aliphatic heterocycles. The van der Waals surface area contributed by atoms with Crippen molar-refractivity contribution in [3.8, 4) is 0 Å². The lowest BCUT2D eigenvalue weighted by molar-refractivity contribution is -0.148. The van der Waals surface area contributed by atoms with E-state index in [4.69, 9.17) is 0 Å². The lowest BCUT2D eigenvalue weighted by Gasteiger charge is -2.27. The zero-order chi connectivity index (χ0) is 13.0. The number of hydrogen-bond donors (Lipinski definition) is 3. The molecule has 5 heteroatoms. The zero-order valence-electron chi connectivity index (χ0n) is 10.7. The van der Waals surface area contributed by atoms with Crippen molar-refractivity contribution in [3.05, 3.63) is 0 Å². The standard InChI is InChI=1S/C13H22N2O3/c16-11(10-4-3-7-14-8-10)15-9-13(12(17)18)5-1-2-6-13/h10,14H,1-9H2,(H,15,16)(H,17,18)/t10-/m0/s1. The molecule has 1 amide bonds. The fourth-order valence-electron chi connectivity index (χ4n) is 2.99. The molecule has 1 aliphatic carbocycles. The highest BCUT2D eigenvalue weighted by Gasteiger charge is 2.41. The molecule has 0 aromatic carbocycles. The first-order valence-electron chi connectivity index (χ1n) is 6.86. The Labute approximate surface area is 107 Å². The van der Waals surface area contributed by atoms with Crippen LogP contribution in [0.1, 0.15) is 38.5 Å². The van der Waals surface area contributed by atoms with Crippen LogP contribution in [0.2, 0.25) is 0 Å². The summed E-state index contributed by atoms with van der Waals surface area (Å²) in [6.45, 7) is 1.98. The largest absolute Gasteiger partial charge is 0.481 e. The quantitative estimate of drug-likeness (QED) is 0.691. The molecular formula is C13H22N2O3. The van der Waals surface area contributed by atoms with Gasteiger partial charge in [-0.3, -0.25) is 9.59 Å². The number of aliphatic carboxylic acids is 1. The average Bonchev–Trinajstić information content (AvgIpc) is 2.87. The number of carbonyl (C=O) groups excluding carboxylic acids is 1. The summed E-state index contributed by atoms with van der Waals surface area (Å²) in [5, 5.41) is 15.4. The normalized spacial score (nSPS) is 26.8. The van der Waals surface area contributed by atoms with Crippen LogP contribution in [0.3, 0.4) is 0 Å². The highest BCUT2D eigenvalue weighted by atomic mass is 16.4. The third-order valence-corrected chi connectivity index (χ3v) is 4.28. The Morgan fingerprint density at radius 2 is 2.00 bits per heavy atom. The summed E-state index contributed by atoms with van der Waals surface area (Å²) in [4.78, 5) is 23.3. The average molecular weight is 254 g/mol. The molecule has 2 rings (SSSR count). The number of carboxylic acids is 1. The van der Waals surface area contributed by atoms with Crippen LogP contribution in [0.4, 0.5) is 0 Å². The topological polar surface area (TPSA) is 78.4 Å². The SMILES string of the molecule is O=C(NCC1(C(=O)O)CCCC1)[C@H]1CCCNC1. The Bertz CT molecular complexity index is 318. The van der Waals surface area contributed by atoms with Gasteiger partial charge in [0.1, 0.15) is 0 Å². The predicted octanol–water partition coefficient (Wildman–Crippen LogP) is 0.747. The molecule has 2 fully saturated rings. The van der Waals surface area contributed by atoms with Crippen molar-refractivity contribution in [3.63, 3.8) is 0 Å². The molecule has 1 saturated heterocycles. The highest BCUT2D eigenvalue weighted by molar-refractivity contribution is 5.81. The molecule has 0 unspecified atom stereocenters. The van der Waals surface area contributed by atoms with Crippen molar-refractivity contribution in [1.82, 2.24) is 10.6 Å². The van der Waals surface area contributed by atoms with Gasteiger partial charge < -0.3 is 15.7 Å². The minimum absolute atomic E-state index is 0.00555. The summed E-state index contributed by atoms with van der Waals surface area (Å²) in [7, 11) is 0. The number of hydrogen-bond acceptors (Lipinski definition) is 3. The van der Waals surface area contributed by atoms with Crippen molar-refractivity contribution in [2.45, 2.75) is 38.5 Å². The van der Waals surface area contributed by atoms with Gasteiger partial charge in [-0.1, -0.05) is 12.8 Å². The van der Waals surface area contributed by atoms with Crippen LogP contribution < -0.4 is 10.6 Å². The van der Waals surface area contributed by atoms with Gasteiger partial charge in [-0.2, -0.15) is 0 Å². The van der Waals surface area contributed by atoms with E-state index in [9.17, 15) is 14.7 Å². The number of piperidine rings is 1. The molecule has 0 spiro atoms. The third kappa shape index (κ3) is 2.83. The van der Waals surface area contributed by atoms with Crippen LogP contribution in [0.25, 0.3) is 0 Å². The molecule has 102 valence electrons. The summed E-state index contributed by atoms with van der Waals surface area (Å²) < 4.78 is 0. The van der Waals surface area contributed by atoms with E-state index in [2.05, 4.69) is 10.6 Å². The number of rotatable bonds is 4. The van der Waals surface area contributed by atoms with Crippen molar-refractivity contribution < 1.29 is 14.7 Å². The number of amides is 1. The summed E-state index contributed by atoms with van der Waals surface area (Å²) in [6, 6.07) is 0. The van der Waals surface area contributed by atoms with Gasteiger partial charge in [0.2, 0.25) is 5.91 Å². The van der Waals surface area contributed by atoms with Crippen LogP contribution in [0.5, 0.6) is 0 Å². The minimum Gasteiger partial charge on any atom is -0.481 e. The van der Waals surface area contributed by atoms with E-state index in [-0.39, 0.29) is 18.4 Å². The molecule has 0 bridgehead atoms. The van der Waals surface area contributed by atoms with Gasteiger partial charge in [-0.05, 0) is 32.2 Å². The van der Waals surface area contributed by atoms with E-state index in [0.29, 0.717) is 19.4 Å². The molecule has 1 atom stereocenters. The molecule has 0 radical (unpaired) electrons. The number of carbonyl (C=O) groups is 2. The fraction of sp³-hybridized carbons (Fsp3) is 0.846. The summed E-state index contributed by atoms with van der Waals surface area (Å²) in [5.41, 5.74) is -0.711. The van der Waals surface area contributed by atoms with Crippen LogP contribution in [-0.4, -0.2) is 36.6 Å². The molecular weight excluding hydrogens is 232 g/mol. The predicted molar refractivity (Wildman–Crippen MR) is 67.1 cm³/mol. The van der Waals surface area contributed by atoms with E-state index in [0.717, 1.165) is 32.2 Å². The molecule has 3 N–H and O–H groups in total. The zero-order valence-corrected chi connectivity index (χ0v) is 10.7. The second-order valence-corrected chi connectivity index (χ2v) is 5.55. The van der Waals surface area contributed by atoms with Crippen molar-refractivity contribution in [1.29, 1.82) is 0 Å². The molecule has 1 saturated carbocycles. The van der Waals surface area contributed by atoms with Gasteiger partial charge in [-0.25, -0.2) is 0 Å². The van der Waals surface area contributed by atoms with E-state index in [1.54, 1.807) is 0 Å². The van der Waals surface area contributed by atoms with E-state index >= 15 is 0 Å². The Kier molecular flexibility index (Phi) is 4.22. The molecule has 2 aliphatic rings. The minimum atomic E-state index is -0.762. The Morgan fingerprint density at radius 3 is 2.56 bits per heavy atom. The van der Waals surface area contributed by atoms with Crippen LogP contribution in [0.15, 0.2) is 0 Å². The van der Waals surface area contributed by atoms with E-state index < -0.39 is 11.4 Å². The van der Waals surface area contributed by atoms with Gasteiger partial charge in [-0.15, -0.1) is 0 Å². The smallest absolute Gasteiger partial charge is 0.311 e. The Morgan fingerprint density at radius 1 is 1.28 bits per heavy atom. The van der Waals surface area contributed by atoms with E-state index in [1.165, 1.54) is 0 Å². The monoisotopic (exact) mass is 254 g/mol. The van der Waals surface area contributed by atoms with Gasteiger partial charge in [0.15, 0.2) is 0 Å². The highest BCUT2D eigenvalue weighted by Crippen LogP contribution is 2.37. The van der Waals surface area contributed by atoms with Gasteiger partial charge >= 0.3 is 5.97 Å². The molecule has 5 nitrogen and oxygen atoms in total.